The summed E-state index contributed by atoms with van der Waals surface area (Å²) < 4.78 is 7.19. The molecule has 1 amide bonds. The summed E-state index contributed by atoms with van der Waals surface area (Å²) in [5, 5.41) is 13.6. The van der Waals surface area contributed by atoms with Crippen molar-refractivity contribution in [3.63, 3.8) is 0 Å². The topological polar surface area (TPSA) is 81.4 Å². The third kappa shape index (κ3) is 6.22. The lowest BCUT2D eigenvalue weighted by Crippen LogP contribution is -2.21. The summed E-state index contributed by atoms with van der Waals surface area (Å²) >= 11 is 1.35. The van der Waals surface area contributed by atoms with Gasteiger partial charge in [0.05, 0.1) is 18.6 Å². The maximum atomic E-state index is 12.3. The number of aromatic nitrogens is 3. The predicted octanol–water partition coefficient (Wildman–Crippen LogP) is 4.90. The Morgan fingerprint density at radius 3 is 2.33 bits per heavy atom. The highest BCUT2D eigenvalue weighted by molar-refractivity contribution is 7.99. The van der Waals surface area contributed by atoms with Gasteiger partial charge in [-0.05, 0) is 54.7 Å². The smallest absolute Gasteiger partial charge is 0.250 e. The molecule has 7 nitrogen and oxygen atoms in total. The van der Waals surface area contributed by atoms with Gasteiger partial charge in [-0.1, -0.05) is 56.8 Å². The highest BCUT2D eigenvalue weighted by Gasteiger charge is 2.17. The summed E-state index contributed by atoms with van der Waals surface area (Å²) in [7, 11) is 1.62. The second-order valence-corrected chi connectivity index (χ2v) is 9.57. The van der Waals surface area contributed by atoms with Gasteiger partial charge >= 0.3 is 0 Å². The quantitative estimate of drug-likeness (QED) is 0.291. The number of hydrogen-bond donors (Lipinski definition) is 1. The van der Waals surface area contributed by atoms with Crippen LogP contribution in [0.15, 0.2) is 58.8 Å². The van der Waals surface area contributed by atoms with Gasteiger partial charge in [-0.15, -0.1) is 10.2 Å². The zero-order valence-electron chi connectivity index (χ0n) is 20.0. The maximum Gasteiger partial charge on any atom is 0.250 e. The lowest BCUT2D eigenvalue weighted by molar-refractivity contribution is -0.118. The molecule has 0 fully saturated rings. The van der Waals surface area contributed by atoms with Crippen molar-refractivity contribution in [1.82, 2.24) is 20.2 Å². The highest BCUT2D eigenvalue weighted by Crippen LogP contribution is 2.27. The summed E-state index contributed by atoms with van der Waals surface area (Å²) in [6.07, 6.45) is 0. The number of carbonyl (C=O) groups excluding carboxylic acids is 1. The van der Waals surface area contributed by atoms with Gasteiger partial charge in [0, 0.05) is 12.1 Å². The first-order valence-electron chi connectivity index (χ1n) is 10.9. The molecule has 33 heavy (non-hydrogen) atoms. The molecule has 0 saturated carbocycles. The molecule has 2 aromatic carbocycles. The molecule has 1 heterocycles. The van der Waals surface area contributed by atoms with Gasteiger partial charge in [0.15, 0.2) is 11.0 Å². The number of hydrazone groups is 1. The molecule has 0 spiro atoms. The van der Waals surface area contributed by atoms with E-state index in [0.717, 1.165) is 22.7 Å². The van der Waals surface area contributed by atoms with Crippen molar-refractivity contribution in [2.24, 2.45) is 5.10 Å². The first-order chi connectivity index (χ1) is 15.7. The first-order valence-corrected chi connectivity index (χ1v) is 11.9. The van der Waals surface area contributed by atoms with Crippen molar-refractivity contribution in [3.8, 4) is 17.1 Å². The van der Waals surface area contributed by atoms with Gasteiger partial charge in [-0.2, -0.15) is 5.10 Å². The van der Waals surface area contributed by atoms with Crippen molar-refractivity contribution in [1.29, 1.82) is 0 Å². The van der Waals surface area contributed by atoms with Crippen LogP contribution in [0.25, 0.3) is 11.4 Å². The fourth-order valence-corrected chi connectivity index (χ4v) is 4.01. The molecular weight excluding hydrogens is 434 g/mol. The Labute approximate surface area is 199 Å². The summed E-state index contributed by atoms with van der Waals surface area (Å²) in [5.74, 6) is 1.57. The fourth-order valence-electron chi connectivity index (χ4n) is 3.22. The molecule has 0 radical (unpaired) electrons. The van der Waals surface area contributed by atoms with Crippen LogP contribution in [-0.4, -0.2) is 39.2 Å². The van der Waals surface area contributed by atoms with Crippen LogP contribution in [0, 0.1) is 0 Å². The van der Waals surface area contributed by atoms with Crippen molar-refractivity contribution in [2.75, 3.05) is 12.9 Å². The monoisotopic (exact) mass is 465 g/mol. The van der Waals surface area contributed by atoms with Crippen molar-refractivity contribution < 1.29 is 9.53 Å². The average Bonchev–Trinajstić information content (AvgIpc) is 3.23. The second kappa shape index (κ2) is 10.7. The number of benzene rings is 2. The van der Waals surface area contributed by atoms with Crippen LogP contribution < -0.4 is 10.2 Å². The van der Waals surface area contributed by atoms with Gasteiger partial charge in [0.25, 0.3) is 5.91 Å². The number of thioether (sulfide) groups is 1. The van der Waals surface area contributed by atoms with Crippen LogP contribution >= 0.6 is 11.8 Å². The van der Waals surface area contributed by atoms with E-state index >= 15 is 0 Å². The second-order valence-electron chi connectivity index (χ2n) is 8.63. The summed E-state index contributed by atoms with van der Waals surface area (Å²) in [4.78, 5) is 12.3. The molecule has 8 heteroatoms. The maximum absolute atomic E-state index is 12.3. The van der Waals surface area contributed by atoms with Crippen molar-refractivity contribution in [2.45, 2.75) is 51.7 Å². The van der Waals surface area contributed by atoms with Crippen molar-refractivity contribution >= 4 is 23.4 Å². The van der Waals surface area contributed by atoms with Gasteiger partial charge in [0.1, 0.15) is 5.75 Å². The molecule has 0 atom stereocenters. The zero-order chi connectivity index (χ0) is 24.0. The van der Waals surface area contributed by atoms with E-state index in [1.165, 1.54) is 17.3 Å². The van der Waals surface area contributed by atoms with E-state index in [-0.39, 0.29) is 17.1 Å². The number of rotatable bonds is 8. The van der Waals surface area contributed by atoms with E-state index in [2.05, 4.69) is 65.8 Å². The summed E-state index contributed by atoms with van der Waals surface area (Å²) in [6.45, 7) is 11.2. The number of ether oxygens (including phenoxy) is 1. The predicted molar refractivity (Wildman–Crippen MR) is 134 cm³/mol. The Balaban J connectivity index is 1.63. The molecule has 3 rings (SSSR count). The van der Waals surface area contributed by atoms with Crippen LogP contribution in [0.2, 0.25) is 0 Å². The Morgan fingerprint density at radius 2 is 1.76 bits per heavy atom. The molecule has 174 valence electrons. The SMILES string of the molecule is CCn1c(SCC(=O)N/N=C(\C)c2ccc(OC)cc2)nnc1-c1ccc(C(C)(C)C)cc1. The molecule has 0 aliphatic heterocycles. The Bertz CT molecular complexity index is 1110. The Hall–Kier alpha value is -3.13. The minimum atomic E-state index is -0.199. The van der Waals surface area contributed by atoms with E-state index in [0.29, 0.717) is 17.4 Å². The van der Waals surface area contributed by atoms with Gasteiger partial charge in [-0.3, -0.25) is 4.79 Å². The number of methoxy groups -OCH3 is 1. The number of hydrogen-bond acceptors (Lipinski definition) is 6. The van der Waals surface area contributed by atoms with Crippen LogP contribution in [-0.2, 0) is 16.8 Å². The molecule has 1 aromatic heterocycles. The van der Waals surface area contributed by atoms with Crippen LogP contribution in [0.4, 0.5) is 0 Å². The number of amides is 1. The molecule has 0 aliphatic carbocycles. The van der Waals surface area contributed by atoms with E-state index in [9.17, 15) is 4.79 Å². The number of carbonyl (C=O) groups is 1. The van der Waals surface area contributed by atoms with Crippen molar-refractivity contribution in [3.05, 3.63) is 59.7 Å². The van der Waals surface area contributed by atoms with E-state index < -0.39 is 0 Å². The van der Waals surface area contributed by atoms with Crippen LogP contribution in [0.3, 0.4) is 0 Å². The molecule has 3 aromatic rings. The fraction of sp³-hybridized carbons (Fsp3) is 0.360. The minimum absolute atomic E-state index is 0.0968. The van der Waals surface area contributed by atoms with Gasteiger partial charge < -0.3 is 9.30 Å². The van der Waals surface area contributed by atoms with Gasteiger partial charge in [-0.25, -0.2) is 5.43 Å². The minimum Gasteiger partial charge on any atom is -0.497 e. The molecule has 1 N–H and O–H groups in total. The largest absolute Gasteiger partial charge is 0.497 e. The molecule has 0 aliphatic rings. The average molecular weight is 466 g/mol. The van der Waals surface area contributed by atoms with E-state index in [1.807, 2.05) is 42.7 Å². The highest BCUT2D eigenvalue weighted by atomic mass is 32.2. The van der Waals surface area contributed by atoms with E-state index in [1.54, 1.807) is 7.11 Å². The lowest BCUT2D eigenvalue weighted by atomic mass is 9.87. The molecule has 0 saturated heterocycles. The Kier molecular flexibility index (Phi) is 7.92. The summed E-state index contributed by atoms with van der Waals surface area (Å²) in [5.41, 5.74) is 6.62. The normalized spacial score (nSPS) is 12.0. The standard InChI is InChI=1S/C25H31N5O2S/c1-7-30-23(19-8-12-20(13-9-19)25(3,4)5)28-29-24(30)33-16-22(31)27-26-17(2)18-10-14-21(32-6)15-11-18/h8-15H,7,16H2,1-6H3,(H,27,31)/b26-17+. The summed E-state index contributed by atoms with van der Waals surface area (Å²) in [6, 6.07) is 15.9. The third-order valence-corrected chi connectivity index (χ3v) is 6.20. The third-order valence-electron chi connectivity index (χ3n) is 5.23. The lowest BCUT2D eigenvalue weighted by Gasteiger charge is -2.19. The Morgan fingerprint density at radius 1 is 1.09 bits per heavy atom. The van der Waals surface area contributed by atoms with E-state index in [4.69, 9.17) is 4.74 Å². The van der Waals surface area contributed by atoms with Crippen LogP contribution in [0.1, 0.15) is 45.7 Å². The first kappa shape index (κ1) is 24.5. The number of nitrogens with one attached hydrogen (secondary N) is 1. The van der Waals surface area contributed by atoms with Gasteiger partial charge in [0.2, 0.25) is 0 Å². The van der Waals surface area contributed by atoms with Crippen LogP contribution in [0.5, 0.6) is 5.75 Å². The number of nitrogens with zero attached hydrogens (tertiary/aromatic N) is 4. The molecule has 0 bridgehead atoms. The molecular formula is C25H31N5O2S. The molecule has 0 unspecified atom stereocenters. The zero-order valence-corrected chi connectivity index (χ0v) is 20.9.